The Morgan fingerprint density at radius 2 is 2.42 bits per heavy atom. The molecule has 0 aromatic carbocycles. The maximum atomic E-state index is 10.7. The molecule has 1 atom stereocenters. The van der Waals surface area contributed by atoms with Gasteiger partial charge in [-0.1, -0.05) is 12.8 Å². The minimum absolute atomic E-state index is 0.0746. The van der Waals surface area contributed by atoms with E-state index >= 15 is 0 Å². The standard InChI is InChI=1S/C7H8BrIO3/c1-2-6(8)12-7(10)11-5-3-4-9/h6H,2,5H2,1H3. The zero-order valence-corrected chi connectivity index (χ0v) is 10.2. The Kier molecular flexibility index (Phi) is 7.70. The molecule has 0 saturated carbocycles. The second-order valence-corrected chi connectivity index (χ2v) is 3.31. The smallest absolute Gasteiger partial charge is 0.421 e. The predicted molar refractivity (Wildman–Crippen MR) is 57.2 cm³/mol. The topological polar surface area (TPSA) is 35.5 Å². The Balaban J connectivity index is 3.50. The van der Waals surface area contributed by atoms with Crippen LogP contribution in [0.3, 0.4) is 0 Å². The van der Waals surface area contributed by atoms with Crippen molar-refractivity contribution in [3.63, 3.8) is 0 Å². The number of carbonyl (C=O) groups excluding carboxylic acids is 1. The second-order valence-electron chi connectivity index (χ2n) is 1.75. The van der Waals surface area contributed by atoms with Crippen molar-refractivity contribution < 1.29 is 14.3 Å². The van der Waals surface area contributed by atoms with Gasteiger partial charge in [-0.2, -0.15) is 0 Å². The molecule has 5 heteroatoms. The average molecular weight is 347 g/mol. The Morgan fingerprint density at radius 1 is 1.75 bits per heavy atom. The molecule has 0 radical (unpaired) electrons. The van der Waals surface area contributed by atoms with E-state index in [-0.39, 0.29) is 11.6 Å². The van der Waals surface area contributed by atoms with Crippen LogP contribution in [0.2, 0.25) is 0 Å². The minimum Gasteiger partial charge on any atom is -0.421 e. The van der Waals surface area contributed by atoms with Crippen molar-refractivity contribution in [3.8, 4) is 9.85 Å². The fourth-order valence-electron chi connectivity index (χ4n) is 0.344. The van der Waals surface area contributed by atoms with Crippen LogP contribution in [0.4, 0.5) is 4.79 Å². The molecular weight excluding hydrogens is 339 g/mol. The molecule has 0 aliphatic carbocycles. The second kappa shape index (κ2) is 7.68. The molecule has 1 unspecified atom stereocenters. The van der Waals surface area contributed by atoms with Gasteiger partial charge >= 0.3 is 6.16 Å². The van der Waals surface area contributed by atoms with E-state index in [1.807, 2.05) is 29.5 Å². The van der Waals surface area contributed by atoms with E-state index < -0.39 is 6.16 Å². The van der Waals surface area contributed by atoms with Gasteiger partial charge in [0, 0.05) is 22.6 Å². The van der Waals surface area contributed by atoms with Crippen molar-refractivity contribution in [2.45, 2.75) is 18.4 Å². The number of hydrogen-bond acceptors (Lipinski definition) is 3. The van der Waals surface area contributed by atoms with Crippen LogP contribution in [0, 0.1) is 9.85 Å². The molecule has 0 aromatic heterocycles. The molecule has 0 N–H and O–H groups in total. The van der Waals surface area contributed by atoms with E-state index in [9.17, 15) is 4.79 Å². The first-order valence-electron chi connectivity index (χ1n) is 3.26. The SMILES string of the molecule is CCC(Br)OC(=O)OCC#CI. The maximum Gasteiger partial charge on any atom is 0.510 e. The number of rotatable bonds is 3. The van der Waals surface area contributed by atoms with Crippen LogP contribution in [0.15, 0.2) is 0 Å². The van der Waals surface area contributed by atoms with Crippen molar-refractivity contribution in [2.24, 2.45) is 0 Å². The summed E-state index contributed by atoms with van der Waals surface area (Å²) in [6.07, 6.45) is 0.00504. The van der Waals surface area contributed by atoms with Crippen molar-refractivity contribution in [1.29, 1.82) is 0 Å². The molecule has 0 aliphatic heterocycles. The Bertz CT molecular complexity index is 197. The van der Waals surface area contributed by atoms with Crippen LogP contribution >= 0.6 is 38.5 Å². The van der Waals surface area contributed by atoms with Crippen molar-refractivity contribution in [2.75, 3.05) is 6.61 Å². The monoisotopic (exact) mass is 346 g/mol. The summed E-state index contributed by atoms with van der Waals surface area (Å²) in [5.74, 6) is 2.57. The molecule has 0 aliphatic rings. The summed E-state index contributed by atoms with van der Waals surface area (Å²) >= 11 is 4.99. The lowest BCUT2D eigenvalue weighted by atomic mass is 10.5. The third-order valence-electron chi connectivity index (χ3n) is 0.874. The molecule has 0 aromatic rings. The van der Waals surface area contributed by atoms with Gasteiger partial charge in [0.05, 0.1) is 0 Å². The first-order valence-corrected chi connectivity index (χ1v) is 5.26. The lowest BCUT2D eigenvalue weighted by molar-refractivity contribution is 0.0573. The first kappa shape index (κ1) is 12.0. The number of hydrogen-bond donors (Lipinski definition) is 0. The Morgan fingerprint density at radius 3 is 2.92 bits per heavy atom. The fraction of sp³-hybridized carbons (Fsp3) is 0.571. The molecular formula is C7H8BrIO3. The van der Waals surface area contributed by atoms with E-state index in [2.05, 4.69) is 30.5 Å². The third-order valence-corrected chi connectivity index (χ3v) is 2.09. The Labute approximate surface area is 93.4 Å². The van der Waals surface area contributed by atoms with E-state index in [1.54, 1.807) is 0 Å². The van der Waals surface area contributed by atoms with Crippen molar-refractivity contribution >= 4 is 44.7 Å². The number of carbonyl (C=O) groups is 1. The maximum absolute atomic E-state index is 10.7. The molecule has 12 heavy (non-hydrogen) atoms. The van der Waals surface area contributed by atoms with Crippen LogP contribution in [-0.2, 0) is 9.47 Å². The highest BCUT2D eigenvalue weighted by Crippen LogP contribution is 2.06. The fourth-order valence-corrected chi connectivity index (χ4v) is 0.652. The van der Waals surface area contributed by atoms with Gasteiger partial charge in [0.2, 0.25) is 0 Å². The molecule has 0 bridgehead atoms. The molecule has 0 amide bonds. The highest BCUT2D eigenvalue weighted by atomic mass is 127. The number of halogens is 2. The lowest BCUT2D eigenvalue weighted by Crippen LogP contribution is -2.12. The molecule has 0 saturated heterocycles. The van der Waals surface area contributed by atoms with Gasteiger partial charge in [-0.3, -0.25) is 0 Å². The Hall–Kier alpha value is 0.0400. The highest BCUT2D eigenvalue weighted by molar-refractivity contribution is 14.1. The molecule has 0 fully saturated rings. The zero-order chi connectivity index (χ0) is 9.40. The van der Waals surface area contributed by atoms with Gasteiger partial charge in [0.15, 0.2) is 11.6 Å². The van der Waals surface area contributed by atoms with E-state index in [1.165, 1.54) is 0 Å². The normalized spacial score (nSPS) is 10.9. The molecule has 0 heterocycles. The van der Waals surface area contributed by atoms with Gasteiger partial charge in [-0.15, -0.1) is 0 Å². The predicted octanol–water partition coefficient (Wildman–Crippen LogP) is 2.67. The first-order chi connectivity index (χ1) is 5.70. The zero-order valence-electron chi connectivity index (χ0n) is 6.47. The van der Waals surface area contributed by atoms with Crippen molar-refractivity contribution in [3.05, 3.63) is 0 Å². The van der Waals surface area contributed by atoms with Crippen molar-refractivity contribution in [1.82, 2.24) is 0 Å². The number of alkyl halides is 1. The summed E-state index contributed by atoms with van der Waals surface area (Å²) in [5, 5.41) is -0.280. The number of ether oxygens (including phenoxy) is 2. The van der Waals surface area contributed by atoms with Crippen LogP contribution in [0.5, 0.6) is 0 Å². The van der Waals surface area contributed by atoms with Gasteiger partial charge in [0.1, 0.15) is 0 Å². The van der Waals surface area contributed by atoms with Gasteiger partial charge in [0.25, 0.3) is 0 Å². The molecule has 0 spiro atoms. The largest absolute Gasteiger partial charge is 0.510 e. The van der Waals surface area contributed by atoms with E-state index in [0.717, 1.165) is 0 Å². The molecule has 3 nitrogen and oxygen atoms in total. The van der Waals surface area contributed by atoms with Gasteiger partial charge < -0.3 is 9.47 Å². The van der Waals surface area contributed by atoms with E-state index in [0.29, 0.717) is 6.42 Å². The summed E-state index contributed by atoms with van der Waals surface area (Å²) in [6.45, 7) is 1.96. The van der Waals surface area contributed by atoms with Crippen LogP contribution in [-0.4, -0.2) is 17.8 Å². The molecule has 68 valence electrons. The summed E-state index contributed by atoms with van der Waals surface area (Å²) in [4.78, 5) is 10.7. The summed E-state index contributed by atoms with van der Waals surface area (Å²) in [7, 11) is 0. The average Bonchev–Trinajstić information content (AvgIpc) is 2.05. The lowest BCUT2D eigenvalue weighted by Gasteiger charge is -2.07. The minimum atomic E-state index is -0.696. The van der Waals surface area contributed by atoms with Gasteiger partial charge in [-0.05, 0) is 26.3 Å². The summed E-state index contributed by atoms with van der Waals surface area (Å²) in [6, 6.07) is 0. The van der Waals surface area contributed by atoms with Crippen LogP contribution < -0.4 is 0 Å². The van der Waals surface area contributed by atoms with Gasteiger partial charge in [-0.25, -0.2) is 4.79 Å². The van der Waals surface area contributed by atoms with Crippen LogP contribution in [0.25, 0.3) is 0 Å². The van der Waals surface area contributed by atoms with E-state index in [4.69, 9.17) is 4.74 Å². The summed E-state index contributed by atoms with van der Waals surface area (Å²) < 4.78 is 11.9. The summed E-state index contributed by atoms with van der Waals surface area (Å²) in [5.41, 5.74) is 0. The van der Waals surface area contributed by atoms with Crippen LogP contribution in [0.1, 0.15) is 13.3 Å². The third kappa shape index (κ3) is 6.73. The quantitative estimate of drug-likeness (QED) is 0.341. The molecule has 0 rings (SSSR count). The highest BCUT2D eigenvalue weighted by Gasteiger charge is 2.08.